The van der Waals surface area contributed by atoms with Gasteiger partial charge in [0.05, 0.1) is 0 Å². The molecule has 4 nitrogen and oxygen atoms in total. The van der Waals surface area contributed by atoms with Crippen LogP contribution < -0.4 is 11.1 Å². The zero-order chi connectivity index (χ0) is 11.3. The molecule has 3 atom stereocenters. The van der Waals surface area contributed by atoms with Crippen molar-refractivity contribution in [2.75, 3.05) is 13.2 Å². The van der Waals surface area contributed by atoms with E-state index in [9.17, 15) is 4.79 Å². The monoisotopic (exact) mass is 214 g/mol. The van der Waals surface area contributed by atoms with Gasteiger partial charge >= 0.3 is 6.09 Å². The average molecular weight is 214 g/mol. The lowest BCUT2D eigenvalue weighted by molar-refractivity contribution is 0.150. The molecule has 1 rings (SSSR count). The van der Waals surface area contributed by atoms with E-state index < -0.39 is 6.09 Å². The number of carbonyl (C=O) groups is 1. The van der Waals surface area contributed by atoms with Crippen molar-refractivity contribution >= 4 is 6.09 Å². The van der Waals surface area contributed by atoms with E-state index in [0.29, 0.717) is 25.1 Å². The van der Waals surface area contributed by atoms with Crippen molar-refractivity contribution in [2.45, 2.75) is 39.2 Å². The first-order valence-corrected chi connectivity index (χ1v) is 5.75. The third kappa shape index (κ3) is 4.51. The Morgan fingerprint density at radius 2 is 2.20 bits per heavy atom. The van der Waals surface area contributed by atoms with Crippen LogP contribution >= 0.6 is 0 Å². The zero-order valence-electron chi connectivity index (χ0n) is 9.66. The highest BCUT2D eigenvalue weighted by molar-refractivity contribution is 5.64. The molecule has 1 fully saturated rings. The summed E-state index contributed by atoms with van der Waals surface area (Å²) in [6, 6.07) is 0.567. The van der Waals surface area contributed by atoms with Crippen LogP contribution in [0, 0.1) is 11.8 Å². The van der Waals surface area contributed by atoms with Crippen LogP contribution in [0.4, 0.5) is 4.79 Å². The third-order valence-electron chi connectivity index (χ3n) is 3.18. The average Bonchev–Trinajstić information content (AvgIpc) is 2.14. The van der Waals surface area contributed by atoms with Crippen LogP contribution in [0.3, 0.4) is 0 Å². The van der Waals surface area contributed by atoms with Crippen molar-refractivity contribution in [1.82, 2.24) is 5.32 Å². The standard InChI is InChI=1S/C11H22N2O2/c1-8-3-4-10(9(2)7-8)13-5-6-15-11(12)14/h8-10,13H,3-7H2,1-2H3,(H2,12,14). The van der Waals surface area contributed by atoms with Gasteiger partial charge in [0.1, 0.15) is 6.61 Å². The lowest BCUT2D eigenvalue weighted by Crippen LogP contribution is -2.40. The highest BCUT2D eigenvalue weighted by Gasteiger charge is 2.24. The van der Waals surface area contributed by atoms with E-state index in [1.54, 1.807) is 0 Å². The summed E-state index contributed by atoms with van der Waals surface area (Å²) in [5.41, 5.74) is 4.87. The van der Waals surface area contributed by atoms with Gasteiger partial charge in [-0.25, -0.2) is 4.79 Å². The van der Waals surface area contributed by atoms with Gasteiger partial charge in [-0.3, -0.25) is 0 Å². The molecule has 0 bridgehead atoms. The van der Waals surface area contributed by atoms with E-state index in [-0.39, 0.29) is 0 Å². The first kappa shape index (κ1) is 12.3. The molecule has 15 heavy (non-hydrogen) atoms. The van der Waals surface area contributed by atoms with Crippen molar-refractivity contribution in [3.8, 4) is 0 Å². The maximum atomic E-state index is 10.3. The highest BCUT2D eigenvalue weighted by Crippen LogP contribution is 2.28. The Bertz CT molecular complexity index is 209. The molecular weight excluding hydrogens is 192 g/mol. The molecule has 0 aromatic rings. The molecule has 3 N–H and O–H groups in total. The van der Waals surface area contributed by atoms with E-state index in [0.717, 1.165) is 5.92 Å². The number of hydrogen-bond acceptors (Lipinski definition) is 3. The number of amides is 1. The maximum Gasteiger partial charge on any atom is 0.404 e. The Balaban J connectivity index is 2.13. The number of nitrogens with one attached hydrogen (secondary N) is 1. The molecule has 1 saturated carbocycles. The lowest BCUT2D eigenvalue weighted by Gasteiger charge is -2.33. The van der Waals surface area contributed by atoms with Crippen LogP contribution in [0.5, 0.6) is 0 Å². The zero-order valence-corrected chi connectivity index (χ0v) is 9.66. The minimum absolute atomic E-state index is 0.369. The number of primary amides is 1. The summed E-state index contributed by atoms with van der Waals surface area (Å²) in [4.78, 5) is 10.3. The molecule has 1 aliphatic carbocycles. The van der Waals surface area contributed by atoms with E-state index >= 15 is 0 Å². The van der Waals surface area contributed by atoms with Crippen molar-refractivity contribution in [2.24, 2.45) is 17.6 Å². The SMILES string of the molecule is CC1CCC(NCCOC(N)=O)C(C)C1. The molecule has 0 aromatic carbocycles. The first-order valence-electron chi connectivity index (χ1n) is 5.75. The molecule has 4 heteroatoms. The minimum atomic E-state index is -0.692. The van der Waals surface area contributed by atoms with Gasteiger partial charge in [-0.15, -0.1) is 0 Å². The van der Waals surface area contributed by atoms with Gasteiger partial charge in [-0.2, -0.15) is 0 Å². The quantitative estimate of drug-likeness (QED) is 0.697. The molecular formula is C11H22N2O2. The second kappa shape index (κ2) is 5.95. The Hall–Kier alpha value is -0.770. The molecule has 0 spiro atoms. The number of nitrogens with two attached hydrogens (primary N) is 1. The normalized spacial score (nSPS) is 31.2. The largest absolute Gasteiger partial charge is 0.448 e. The van der Waals surface area contributed by atoms with Gasteiger partial charge in [0.15, 0.2) is 0 Å². The Labute approximate surface area is 91.5 Å². The van der Waals surface area contributed by atoms with Crippen LogP contribution in [0.1, 0.15) is 33.1 Å². The van der Waals surface area contributed by atoms with Crippen LogP contribution in [0.2, 0.25) is 0 Å². The summed E-state index contributed by atoms with van der Waals surface area (Å²) in [6.45, 7) is 5.66. The molecule has 1 amide bonds. The van der Waals surface area contributed by atoms with E-state index in [1.807, 2.05) is 0 Å². The summed E-state index contributed by atoms with van der Waals surface area (Å²) in [5.74, 6) is 1.56. The molecule has 3 unspecified atom stereocenters. The Morgan fingerprint density at radius 3 is 2.80 bits per heavy atom. The predicted molar refractivity (Wildman–Crippen MR) is 59.5 cm³/mol. The van der Waals surface area contributed by atoms with Gasteiger partial charge < -0.3 is 15.8 Å². The lowest BCUT2D eigenvalue weighted by atomic mass is 9.80. The third-order valence-corrected chi connectivity index (χ3v) is 3.18. The predicted octanol–water partition coefficient (Wildman–Crippen LogP) is 1.50. The summed E-state index contributed by atoms with van der Waals surface area (Å²) < 4.78 is 4.67. The number of rotatable bonds is 4. The fourth-order valence-electron chi connectivity index (χ4n) is 2.36. The summed E-state index contributed by atoms with van der Waals surface area (Å²) in [7, 11) is 0. The Kier molecular flexibility index (Phi) is 4.88. The van der Waals surface area contributed by atoms with Crippen LogP contribution in [0.25, 0.3) is 0 Å². The second-order valence-corrected chi connectivity index (χ2v) is 4.62. The van der Waals surface area contributed by atoms with E-state index in [2.05, 4.69) is 23.9 Å². The smallest absolute Gasteiger partial charge is 0.404 e. The fraction of sp³-hybridized carbons (Fsp3) is 0.909. The van der Waals surface area contributed by atoms with Gasteiger partial charge in [0.25, 0.3) is 0 Å². The summed E-state index contributed by atoms with van der Waals surface area (Å²) in [6.07, 6.45) is 3.11. The van der Waals surface area contributed by atoms with Gasteiger partial charge in [0.2, 0.25) is 0 Å². The molecule has 1 aliphatic rings. The fourth-order valence-corrected chi connectivity index (χ4v) is 2.36. The van der Waals surface area contributed by atoms with Crippen LogP contribution in [-0.4, -0.2) is 25.3 Å². The van der Waals surface area contributed by atoms with Crippen molar-refractivity contribution in [3.05, 3.63) is 0 Å². The van der Waals surface area contributed by atoms with E-state index in [1.165, 1.54) is 19.3 Å². The van der Waals surface area contributed by atoms with Crippen molar-refractivity contribution in [3.63, 3.8) is 0 Å². The van der Waals surface area contributed by atoms with Crippen molar-refractivity contribution < 1.29 is 9.53 Å². The molecule has 0 saturated heterocycles. The van der Waals surface area contributed by atoms with Gasteiger partial charge in [-0.1, -0.05) is 13.8 Å². The minimum Gasteiger partial charge on any atom is -0.448 e. The first-order chi connectivity index (χ1) is 7.09. The molecule has 0 aliphatic heterocycles. The van der Waals surface area contributed by atoms with Crippen molar-refractivity contribution in [1.29, 1.82) is 0 Å². The van der Waals surface area contributed by atoms with E-state index in [4.69, 9.17) is 5.73 Å². The second-order valence-electron chi connectivity index (χ2n) is 4.62. The molecule has 88 valence electrons. The van der Waals surface area contributed by atoms with Gasteiger partial charge in [-0.05, 0) is 31.1 Å². The number of hydrogen-bond donors (Lipinski definition) is 2. The summed E-state index contributed by atoms with van der Waals surface area (Å²) >= 11 is 0. The van der Waals surface area contributed by atoms with Gasteiger partial charge in [0, 0.05) is 12.6 Å². The topological polar surface area (TPSA) is 64.3 Å². The molecule has 0 heterocycles. The maximum absolute atomic E-state index is 10.3. The molecule has 0 aromatic heterocycles. The Morgan fingerprint density at radius 1 is 1.47 bits per heavy atom. The molecule has 0 radical (unpaired) electrons. The number of carbonyl (C=O) groups excluding carboxylic acids is 1. The summed E-state index contributed by atoms with van der Waals surface area (Å²) in [5, 5.41) is 3.41. The van der Waals surface area contributed by atoms with Crippen LogP contribution in [0.15, 0.2) is 0 Å². The highest BCUT2D eigenvalue weighted by atomic mass is 16.5. The number of ether oxygens (including phenoxy) is 1. The van der Waals surface area contributed by atoms with Crippen LogP contribution in [-0.2, 0) is 4.74 Å².